The van der Waals surface area contributed by atoms with E-state index in [2.05, 4.69) is 17.2 Å². The number of sulfone groups is 1. The molecule has 1 rings (SSSR count). The molecule has 0 radical (unpaired) electrons. The van der Waals surface area contributed by atoms with E-state index in [0.29, 0.717) is 18.0 Å². The Labute approximate surface area is 103 Å². The number of aromatic nitrogens is 1. The van der Waals surface area contributed by atoms with Crippen LogP contribution in [0.5, 0.6) is 0 Å². The predicted octanol–water partition coefficient (Wildman–Crippen LogP) is 1.45. The maximum absolute atomic E-state index is 11.7. The molecule has 0 saturated heterocycles. The summed E-state index contributed by atoms with van der Waals surface area (Å²) in [6.45, 7) is 6.72. The average Bonchev–Trinajstić information content (AvgIpc) is 2.65. The third-order valence-corrected chi connectivity index (χ3v) is 4.87. The molecule has 0 fully saturated rings. The first-order chi connectivity index (χ1) is 7.80. The van der Waals surface area contributed by atoms with E-state index < -0.39 is 14.6 Å². The van der Waals surface area contributed by atoms with E-state index in [4.69, 9.17) is 4.42 Å². The van der Waals surface area contributed by atoms with Crippen LogP contribution in [0.25, 0.3) is 0 Å². The molecule has 1 heterocycles. The first-order valence-corrected chi connectivity index (χ1v) is 7.53. The van der Waals surface area contributed by atoms with Crippen molar-refractivity contribution in [2.45, 2.75) is 38.5 Å². The molecule has 0 aliphatic carbocycles. The van der Waals surface area contributed by atoms with Crippen LogP contribution in [0.1, 0.15) is 38.6 Å². The summed E-state index contributed by atoms with van der Waals surface area (Å²) in [6.07, 6.45) is 3.52. The van der Waals surface area contributed by atoms with E-state index in [-0.39, 0.29) is 0 Å². The summed E-state index contributed by atoms with van der Waals surface area (Å²) < 4.78 is 27.7. The van der Waals surface area contributed by atoms with Crippen molar-refractivity contribution < 1.29 is 12.8 Å². The summed E-state index contributed by atoms with van der Waals surface area (Å²) in [7, 11) is -3.24. The second-order valence-electron chi connectivity index (χ2n) is 4.59. The van der Waals surface area contributed by atoms with Gasteiger partial charge < -0.3 is 9.73 Å². The van der Waals surface area contributed by atoms with Gasteiger partial charge in [-0.15, -0.1) is 0 Å². The fourth-order valence-electron chi connectivity index (χ4n) is 1.44. The third-order valence-electron chi connectivity index (χ3n) is 2.83. The minimum Gasteiger partial charge on any atom is -0.446 e. The molecule has 0 aliphatic heterocycles. The quantitative estimate of drug-likeness (QED) is 0.784. The largest absolute Gasteiger partial charge is 0.446 e. The summed E-state index contributed by atoms with van der Waals surface area (Å²) in [5, 5.41) is 3.18. The standard InChI is InChI=1S/C11H20N2O3S/c1-5-6-12-7-9-10(16-8-13-9)11(2,3)17(4,14)15/h8,12H,5-7H2,1-4H3. The van der Waals surface area contributed by atoms with Crippen LogP contribution < -0.4 is 5.32 Å². The van der Waals surface area contributed by atoms with Gasteiger partial charge in [-0.3, -0.25) is 0 Å². The Morgan fingerprint density at radius 1 is 1.47 bits per heavy atom. The zero-order chi connectivity index (χ0) is 13.1. The highest BCUT2D eigenvalue weighted by molar-refractivity contribution is 7.91. The molecule has 0 aliphatic rings. The molecule has 0 amide bonds. The molecular weight excluding hydrogens is 240 g/mol. The lowest BCUT2D eigenvalue weighted by atomic mass is 10.1. The van der Waals surface area contributed by atoms with Crippen LogP contribution in [0.2, 0.25) is 0 Å². The molecule has 6 heteroatoms. The predicted molar refractivity (Wildman–Crippen MR) is 66.4 cm³/mol. The van der Waals surface area contributed by atoms with E-state index in [1.165, 1.54) is 12.6 Å². The van der Waals surface area contributed by atoms with Crippen LogP contribution in [0, 0.1) is 0 Å². The van der Waals surface area contributed by atoms with Gasteiger partial charge in [0.2, 0.25) is 0 Å². The van der Waals surface area contributed by atoms with Crippen molar-refractivity contribution in [3.05, 3.63) is 17.8 Å². The number of oxazole rings is 1. The molecule has 0 saturated carbocycles. The molecule has 0 unspecified atom stereocenters. The van der Waals surface area contributed by atoms with E-state index in [0.717, 1.165) is 13.0 Å². The van der Waals surface area contributed by atoms with Gasteiger partial charge in [0.15, 0.2) is 16.2 Å². The Bertz CT molecular complexity index is 463. The second-order valence-corrected chi connectivity index (χ2v) is 7.15. The van der Waals surface area contributed by atoms with Crippen molar-refractivity contribution in [2.75, 3.05) is 12.8 Å². The van der Waals surface area contributed by atoms with Gasteiger partial charge in [-0.25, -0.2) is 13.4 Å². The first-order valence-electron chi connectivity index (χ1n) is 5.64. The Balaban J connectivity index is 2.96. The smallest absolute Gasteiger partial charge is 0.181 e. The molecule has 0 aromatic carbocycles. The molecule has 1 aromatic rings. The number of nitrogens with one attached hydrogen (secondary N) is 1. The highest BCUT2D eigenvalue weighted by atomic mass is 32.2. The molecule has 1 N–H and O–H groups in total. The Kier molecular flexibility index (Phi) is 4.32. The minimum atomic E-state index is -3.24. The maximum Gasteiger partial charge on any atom is 0.181 e. The fraction of sp³-hybridized carbons (Fsp3) is 0.727. The topological polar surface area (TPSA) is 72.2 Å². The SMILES string of the molecule is CCCNCc1ncoc1C(C)(C)S(C)(=O)=O. The lowest BCUT2D eigenvalue weighted by Crippen LogP contribution is -2.29. The number of rotatable bonds is 6. The second kappa shape index (κ2) is 5.18. The monoisotopic (exact) mass is 260 g/mol. The van der Waals surface area contributed by atoms with Crippen LogP contribution in [0.4, 0.5) is 0 Å². The Morgan fingerprint density at radius 3 is 2.65 bits per heavy atom. The molecule has 17 heavy (non-hydrogen) atoms. The Morgan fingerprint density at radius 2 is 2.12 bits per heavy atom. The van der Waals surface area contributed by atoms with Crippen molar-refractivity contribution in [1.82, 2.24) is 10.3 Å². The minimum absolute atomic E-state index is 0.420. The molecule has 0 bridgehead atoms. The summed E-state index contributed by atoms with van der Waals surface area (Å²) in [4.78, 5) is 4.07. The molecule has 1 aromatic heterocycles. The van der Waals surface area contributed by atoms with Gasteiger partial charge in [-0.1, -0.05) is 6.92 Å². The third kappa shape index (κ3) is 3.07. The summed E-state index contributed by atoms with van der Waals surface area (Å²) >= 11 is 0. The van der Waals surface area contributed by atoms with Gasteiger partial charge in [0.05, 0.1) is 5.69 Å². The van der Waals surface area contributed by atoms with Crippen molar-refractivity contribution in [2.24, 2.45) is 0 Å². The molecule has 5 nitrogen and oxygen atoms in total. The van der Waals surface area contributed by atoms with Crippen LogP contribution in [-0.4, -0.2) is 26.2 Å². The maximum atomic E-state index is 11.7. The van der Waals surface area contributed by atoms with E-state index in [1.54, 1.807) is 13.8 Å². The van der Waals surface area contributed by atoms with Crippen molar-refractivity contribution in [3.8, 4) is 0 Å². The van der Waals surface area contributed by atoms with E-state index in [9.17, 15) is 8.42 Å². The van der Waals surface area contributed by atoms with Crippen LogP contribution in [0.3, 0.4) is 0 Å². The van der Waals surface area contributed by atoms with Gasteiger partial charge in [0.1, 0.15) is 10.5 Å². The summed E-state index contributed by atoms with van der Waals surface area (Å²) in [5.74, 6) is 0.420. The van der Waals surface area contributed by atoms with Crippen LogP contribution in [0.15, 0.2) is 10.8 Å². The van der Waals surface area contributed by atoms with Crippen LogP contribution in [-0.2, 0) is 21.1 Å². The van der Waals surface area contributed by atoms with Gasteiger partial charge >= 0.3 is 0 Å². The van der Waals surface area contributed by atoms with Gasteiger partial charge in [0, 0.05) is 12.8 Å². The summed E-state index contributed by atoms with van der Waals surface area (Å²) in [6, 6.07) is 0. The number of nitrogens with zero attached hydrogens (tertiary/aromatic N) is 1. The van der Waals surface area contributed by atoms with Gasteiger partial charge in [-0.2, -0.15) is 0 Å². The normalized spacial score (nSPS) is 12.9. The van der Waals surface area contributed by atoms with Crippen molar-refractivity contribution in [1.29, 1.82) is 0 Å². The number of hydrogen-bond donors (Lipinski definition) is 1. The molecular formula is C11H20N2O3S. The van der Waals surface area contributed by atoms with E-state index in [1.807, 2.05) is 0 Å². The highest BCUT2D eigenvalue weighted by Gasteiger charge is 2.37. The molecule has 98 valence electrons. The van der Waals surface area contributed by atoms with Crippen molar-refractivity contribution >= 4 is 9.84 Å². The van der Waals surface area contributed by atoms with Crippen molar-refractivity contribution in [3.63, 3.8) is 0 Å². The van der Waals surface area contributed by atoms with Gasteiger partial charge in [0.25, 0.3) is 0 Å². The van der Waals surface area contributed by atoms with E-state index >= 15 is 0 Å². The zero-order valence-electron chi connectivity index (χ0n) is 10.8. The summed E-state index contributed by atoms with van der Waals surface area (Å²) in [5.41, 5.74) is 0.661. The lowest BCUT2D eigenvalue weighted by molar-refractivity contribution is 0.440. The highest BCUT2D eigenvalue weighted by Crippen LogP contribution is 2.31. The van der Waals surface area contributed by atoms with Crippen LogP contribution >= 0.6 is 0 Å². The number of hydrogen-bond acceptors (Lipinski definition) is 5. The average molecular weight is 260 g/mol. The lowest BCUT2D eigenvalue weighted by Gasteiger charge is -2.20. The molecule has 0 atom stereocenters. The van der Waals surface area contributed by atoms with Gasteiger partial charge in [-0.05, 0) is 26.8 Å². The zero-order valence-corrected chi connectivity index (χ0v) is 11.6. The first kappa shape index (κ1) is 14.2. The fourth-order valence-corrected chi connectivity index (χ4v) is 1.94. The Hall–Kier alpha value is -0.880. The molecule has 0 spiro atoms.